The lowest BCUT2D eigenvalue weighted by Crippen LogP contribution is -2.30. The van der Waals surface area contributed by atoms with E-state index in [0.29, 0.717) is 24.3 Å². The van der Waals surface area contributed by atoms with Gasteiger partial charge in [-0.1, -0.05) is 56.3 Å². The molecule has 0 spiro atoms. The lowest BCUT2D eigenvalue weighted by Gasteiger charge is -2.18. The highest BCUT2D eigenvalue weighted by molar-refractivity contribution is 7.89. The maximum atomic E-state index is 12.7. The smallest absolute Gasteiger partial charge is 0.255 e. The molecule has 27 heavy (non-hydrogen) atoms. The van der Waals surface area contributed by atoms with Gasteiger partial charge >= 0.3 is 0 Å². The van der Waals surface area contributed by atoms with Crippen LogP contribution in [0.3, 0.4) is 0 Å². The molecule has 0 aliphatic rings. The fourth-order valence-corrected chi connectivity index (χ4v) is 4.54. The van der Waals surface area contributed by atoms with Crippen molar-refractivity contribution in [3.63, 3.8) is 0 Å². The Labute approximate surface area is 159 Å². The number of hydrogen-bond donors (Lipinski definition) is 1. The number of rotatable bonds is 6. The Morgan fingerprint density at radius 2 is 1.59 bits per heavy atom. The number of nitrogens with zero attached hydrogens (tertiary/aromatic N) is 1. The van der Waals surface area contributed by atoms with Gasteiger partial charge in [0.15, 0.2) is 0 Å². The molecule has 3 aromatic rings. The summed E-state index contributed by atoms with van der Waals surface area (Å²) in [6.45, 7) is 4.34. The third kappa shape index (κ3) is 3.86. The Bertz CT molecular complexity index is 1070. The molecule has 1 N–H and O–H groups in total. The van der Waals surface area contributed by atoms with Crippen molar-refractivity contribution in [2.45, 2.75) is 18.7 Å². The SMILES string of the molecule is CCN(CC)S(=O)(=O)c1cccc(C(=O)Nc2cccc3ccccc23)c1. The topological polar surface area (TPSA) is 66.5 Å². The monoisotopic (exact) mass is 382 g/mol. The first-order chi connectivity index (χ1) is 13.0. The summed E-state index contributed by atoms with van der Waals surface area (Å²) < 4.78 is 26.8. The van der Waals surface area contributed by atoms with Crippen LogP contribution in [-0.4, -0.2) is 31.7 Å². The number of hydrogen-bond acceptors (Lipinski definition) is 3. The summed E-state index contributed by atoms with van der Waals surface area (Å²) in [4.78, 5) is 12.8. The first-order valence-electron chi connectivity index (χ1n) is 8.86. The van der Waals surface area contributed by atoms with Gasteiger partial charge in [0, 0.05) is 29.7 Å². The lowest BCUT2D eigenvalue weighted by atomic mass is 10.1. The first kappa shape index (κ1) is 19.1. The molecule has 3 aromatic carbocycles. The molecule has 0 saturated carbocycles. The highest BCUT2D eigenvalue weighted by atomic mass is 32.2. The van der Waals surface area contributed by atoms with E-state index in [9.17, 15) is 13.2 Å². The van der Waals surface area contributed by atoms with Crippen molar-refractivity contribution >= 4 is 32.4 Å². The third-order valence-electron chi connectivity index (χ3n) is 4.48. The average molecular weight is 382 g/mol. The van der Waals surface area contributed by atoms with Gasteiger partial charge in [0.2, 0.25) is 10.0 Å². The molecule has 0 fully saturated rings. The molecule has 6 heteroatoms. The van der Waals surface area contributed by atoms with Gasteiger partial charge in [0.1, 0.15) is 0 Å². The normalized spacial score (nSPS) is 11.7. The van der Waals surface area contributed by atoms with E-state index in [2.05, 4.69) is 5.32 Å². The molecule has 0 aliphatic heterocycles. The number of carbonyl (C=O) groups is 1. The van der Waals surface area contributed by atoms with E-state index in [0.717, 1.165) is 10.8 Å². The minimum Gasteiger partial charge on any atom is -0.321 e. The van der Waals surface area contributed by atoms with E-state index >= 15 is 0 Å². The van der Waals surface area contributed by atoms with Crippen molar-refractivity contribution in [2.24, 2.45) is 0 Å². The summed E-state index contributed by atoms with van der Waals surface area (Å²) >= 11 is 0. The van der Waals surface area contributed by atoms with Crippen LogP contribution in [0, 0.1) is 0 Å². The predicted molar refractivity (Wildman–Crippen MR) is 108 cm³/mol. The summed E-state index contributed by atoms with van der Waals surface area (Å²) in [6.07, 6.45) is 0. The standard InChI is InChI=1S/C21H22N2O3S/c1-3-23(4-2)27(25,26)18-12-7-11-17(15-18)21(24)22-20-14-8-10-16-9-5-6-13-19(16)20/h5-15H,3-4H2,1-2H3,(H,22,24). The van der Waals surface area contributed by atoms with Crippen LogP contribution in [0.5, 0.6) is 0 Å². The molecule has 0 heterocycles. The zero-order chi connectivity index (χ0) is 19.4. The minimum absolute atomic E-state index is 0.122. The Balaban J connectivity index is 1.92. The number of fused-ring (bicyclic) bond motifs is 1. The van der Waals surface area contributed by atoms with Gasteiger partial charge in [-0.05, 0) is 29.7 Å². The molecule has 0 aromatic heterocycles. The van der Waals surface area contributed by atoms with Crippen LogP contribution < -0.4 is 5.32 Å². The molecular formula is C21H22N2O3S. The van der Waals surface area contributed by atoms with Crippen LogP contribution in [0.15, 0.2) is 71.6 Å². The van der Waals surface area contributed by atoms with Crippen LogP contribution in [0.1, 0.15) is 24.2 Å². The van der Waals surface area contributed by atoms with Crippen LogP contribution in [-0.2, 0) is 10.0 Å². The third-order valence-corrected chi connectivity index (χ3v) is 6.52. The van der Waals surface area contributed by atoms with E-state index < -0.39 is 10.0 Å². The fraction of sp³-hybridized carbons (Fsp3) is 0.190. The van der Waals surface area contributed by atoms with E-state index in [1.165, 1.54) is 16.4 Å². The van der Waals surface area contributed by atoms with E-state index in [-0.39, 0.29) is 10.8 Å². The van der Waals surface area contributed by atoms with E-state index in [4.69, 9.17) is 0 Å². The Hall–Kier alpha value is -2.70. The van der Waals surface area contributed by atoms with E-state index in [1.54, 1.807) is 26.0 Å². The van der Waals surface area contributed by atoms with Crippen molar-refractivity contribution in [1.29, 1.82) is 0 Å². The summed E-state index contributed by atoms with van der Waals surface area (Å²) in [7, 11) is -3.61. The number of nitrogens with one attached hydrogen (secondary N) is 1. The van der Waals surface area contributed by atoms with Gasteiger partial charge in [-0.25, -0.2) is 8.42 Å². The second-order valence-electron chi connectivity index (χ2n) is 6.10. The molecule has 0 bridgehead atoms. The molecule has 0 saturated heterocycles. The zero-order valence-corrected chi connectivity index (χ0v) is 16.2. The quantitative estimate of drug-likeness (QED) is 0.697. The van der Waals surface area contributed by atoms with Crippen LogP contribution in [0.25, 0.3) is 10.8 Å². The van der Waals surface area contributed by atoms with E-state index in [1.807, 2.05) is 42.5 Å². The van der Waals surface area contributed by atoms with Crippen molar-refractivity contribution in [3.8, 4) is 0 Å². The predicted octanol–water partition coefficient (Wildman–Crippen LogP) is 4.12. The minimum atomic E-state index is -3.61. The fourth-order valence-electron chi connectivity index (χ4n) is 3.04. The Kier molecular flexibility index (Phi) is 5.58. The lowest BCUT2D eigenvalue weighted by molar-refractivity contribution is 0.102. The van der Waals surface area contributed by atoms with Crippen molar-refractivity contribution in [1.82, 2.24) is 4.31 Å². The number of carbonyl (C=O) groups excluding carboxylic acids is 1. The Morgan fingerprint density at radius 1 is 0.926 bits per heavy atom. The number of sulfonamides is 1. The van der Waals surface area contributed by atoms with Gasteiger partial charge in [-0.15, -0.1) is 0 Å². The zero-order valence-electron chi connectivity index (χ0n) is 15.3. The molecule has 1 amide bonds. The van der Waals surface area contributed by atoms with Crippen molar-refractivity contribution < 1.29 is 13.2 Å². The molecule has 0 aliphatic carbocycles. The summed E-state index contributed by atoms with van der Waals surface area (Å²) in [5.41, 5.74) is 0.992. The number of anilines is 1. The second-order valence-corrected chi connectivity index (χ2v) is 8.04. The van der Waals surface area contributed by atoms with Gasteiger partial charge in [-0.3, -0.25) is 4.79 Å². The number of amides is 1. The first-order valence-corrected chi connectivity index (χ1v) is 10.3. The highest BCUT2D eigenvalue weighted by Crippen LogP contribution is 2.24. The maximum absolute atomic E-state index is 12.7. The second kappa shape index (κ2) is 7.90. The highest BCUT2D eigenvalue weighted by Gasteiger charge is 2.22. The van der Waals surface area contributed by atoms with Gasteiger partial charge in [0.05, 0.1) is 4.90 Å². The number of benzene rings is 3. The average Bonchev–Trinajstić information content (AvgIpc) is 2.69. The summed E-state index contributed by atoms with van der Waals surface area (Å²) in [5, 5.41) is 4.84. The maximum Gasteiger partial charge on any atom is 0.255 e. The van der Waals surface area contributed by atoms with Gasteiger partial charge in [-0.2, -0.15) is 4.31 Å². The van der Waals surface area contributed by atoms with Crippen LogP contribution >= 0.6 is 0 Å². The summed E-state index contributed by atoms with van der Waals surface area (Å²) in [6, 6.07) is 19.6. The molecular weight excluding hydrogens is 360 g/mol. The molecule has 3 rings (SSSR count). The molecule has 0 radical (unpaired) electrons. The van der Waals surface area contributed by atoms with Crippen LogP contribution in [0.2, 0.25) is 0 Å². The molecule has 0 atom stereocenters. The van der Waals surface area contributed by atoms with Crippen molar-refractivity contribution in [3.05, 3.63) is 72.3 Å². The summed E-state index contributed by atoms with van der Waals surface area (Å²) in [5.74, 6) is -0.344. The largest absolute Gasteiger partial charge is 0.321 e. The van der Waals surface area contributed by atoms with Gasteiger partial charge < -0.3 is 5.32 Å². The molecule has 0 unspecified atom stereocenters. The Morgan fingerprint density at radius 3 is 2.33 bits per heavy atom. The molecule has 5 nitrogen and oxygen atoms in total. The molecule has 140 valence electrons. The van der Waals surface area contributed by atoms with Crippen LogP contribution in [0.4, 0.5) is 5.69 Å². The van der Waals surface area contributed by atoms with Gasteiger partial charge in [0.25, 0.3) is 5.91 Å². The van der Waals surface area contributed by atoms with Crippen molar-refractivity contribution in [2.75, 3.05) is 18.4 Å².